The zero-order chi connectivity index (χ0) is 22.0. The van der Waals surface area contributed by atoms with Gasteiger partial charge in [0, 0.05) is 11.7 Å². The molecular formula is C23H29N3O5. The van der Waals surface area contributed by atoms with E-state index in [-0.39, 0.29) is 17.9 Å². The van der Waals surface area contributed by atoms with E-state index in [0.29, 0.717) is 0 Å². The number of carbonyl (C=O) groups excluding carboxylic acids is 4. The molecule has 4 rings (SSSR count). The number of hydrogen-bond donors (Lipinski definition) is 1. The molecule has 0 spiro atoms. The van der Waals surface area contributed by atoms with Crippen LogP contribution < -0.4 is 10.2 Å². The summed E-state index contributed by atoms with van der Waals surface area (Å²) in [5.74, 6) is -1.36. The zero-order valence-corrected chi connectivity index (χ0v) is 17.8. The maximum atomic E-state index is 13.0. The van der Waals surface area contributed by atoms with Gasteiger partial charge in [0.25, 0.3) is 11.8 Å². The second-order valence-electron chi connectivity index (χ2n) is 8.85. The van der Waals surface area contributed by atoms with Crippen molar-refractivity contribution < 1.29 is 23.9 Å². The van der Waals surface area contributed by atoms with Gasteiger partial charge in [-0.15, -0.1) is 0 Å². The Bertz CT molecular complexity index is 863. The van der Waals surface area contributed by atoms with E-state index < -0.39 is 36.6 Å². The summed E-state index contributed by atoms with van der Waals surface area (Å²) in [5.41, 5.74) is -0.164. The lowest BCUT2D eigenvalue weighted by Crippen LogP contribution is -2.46. The molecule has 3 fully saturated rings. The Morgan fingerprint density at radius 3 is 2.42 bits per heavy atom. The van der Waals surface area contributed by atoms with Crippen LogP contribution in [0.2, 0.25) is 0 Å². The molecule has 1 aromatic rings. The first-order valence-corrected chi connectivity index (χ1v) is 11.1. The van der Waals surface area contributed by atoms with Gasteiger partial charge in [0.05, 0.1) is 0 Å². The summed E-state index contributed by atoms with van der Waals surface area (Å²) in [6.07, 6.45) is 6.87. The first-order chi connectivity index (χ1) is 14.9. The van der Waals surface area contributed by atoms with E-state index in [1.807, 2.05) is 30.3 Å². The Balaban J connectivity index is 1.37. The Morgan fingerprint density at radius 2 is 1.77 bits per heavy atom. The van der Waals surface area contributed by atoms with E-state index >= 15 is 0 Å². The number of benzene rings is 1. The van der Waals surface area contributed by atoms with Crippen molar-refractivity contribution in [2.75, 3.05) is 18.1 Å². The first kappa shape index (κ1) is 21.3. The van der Waals surface area contributed by atoms with Gasteiger partial charge in [0.15, 0.2) is 6.61 Å². The van der Waals surface area contributed by atoms with Crippen molar-refractivity contribution in [2.24, 2.45) is 5.92 Å². The molecule has 3 aliphatic rings. The summed E-state index contributed by atoms with van der Waals surface area (Å²) < 4.78 is 5.20. The van der Waals surface area contributed by atoms with Crippen molar-refractivity contribution in [1.29, 1.82) is 0 Å². The molecule has 1 aromatic carbocycles. The van der Waals surface area contributed by atoms with Gasteiger partial charge < -0.3 is 15.0 Å². The van der Waals surface area contributed by atoms with Crippen molar-refractivity contribution in [2.45, 2.75) is 63.5 Å². The Hall–Kier alpha value is -2.90. The van der Waals surface area contributed by atoms with E-state index in [4.69, 9.17) is 4.74 Å². The maximum absolute atomic E-state index is 13.0. The predicted octanol–water partition coefficient (Wildman–Crippen LogP) is 2.62. The number of anilines is 1. The normalized spacial score (nSPS) is 24.1. The van der Waals surface area contributed by atoms with E-state index in [1.54, 1.807) is 11.8 Å². The molecular weight excluding hydrogens is 398 g/mol. The minimum absolute atomic E-state index is 0.0764. The Morgan fingerprint density at radius 1 is 1.10 bits per heavy atom. The number of imide groups is 1. The largest absolute Gasteiger partial charge is 0.454 e. The summed E-state index contributed by atoms with van der Waals surface area (Å²) in [7, 11) is 0. The van der Waals surface area contributed by atoms with Gasteiger partial charge in [-0.05, 0) is 50.7 Å². The fraction of sp³-hybridized carbons (Fsp3) is 0.565. The molecule has 2 aliphatic carbocycles. The Labute approximate surface area is 181 Å². The average molecular weight is 428 g/mol. The average Bonchev–Trinajstić information content (AvgIpc) is 3.60. The first-order valence-electron chi connectivity index (χ1n) is 11.1. The third-order valence-corrected chi connectivity index (χ3v) is 6.58. The van der Waals surface area contributed by atoms with Gasteiger partial charge in [-0.1, -0.05) is 37.5 Å². The van der Waals surface area contributed by atoms with Crippen LogP contribution >= 0.6 is 0 Å². The smallest absolute Gasteiger partial charge is 0.326 e. The third kappa shape index (κ3) is 4.43. The topological polar surface area (TPSA) is 96.0 Å². The number of amides is 4. The van der Waals surface area contributed by atoms with Crippen molar-refractivity contribution in [1.82, 2.24) is 10.2 Å². The maximum Gasteiger partial charge on any atom is 0.326 e. The number of para-hydroxylation sites is 1. The molecule has 0 unspecified atom stereocenters. The van der Waals surface area contributed by atoms with Crippen molar-refractivity contribution >= 4 is 29.5 Å². The number of esters is 1. The molecule has 0 bridgehead atoms. The summed E-state index contributed by atoms with van der Waals surface area (Å²) in [6, 6.07) is 8.88. The van der Waals surface area contributed by atoms with Gasteiger partial charge in [0.1, 0.15) is 12.1 Å². The lowest BCUT2D eigenvalue weighted by Gasteiger charge is -2.34. The minimum atomic E-state index is -0.946. The highest BCUT2D eigenvalue weighted by Gasteiger charge is 2.56. The predicted molar refractivity (Wildman–Crippen MR) is 113 cm³/mol. The molecule has 0 radical (unpaired) electrons. The summed E-state index contributed by atoms with van der Waals surface area (Å²) >= 11 is 0. The van der Waals surface area contributed by atoms with Crippen LogP contribution in [-0.2, 0) is 19.1 Å². The van der Waals surface area contributed by atoms with Gasteiger partial charge in [-0.2, -0.15) is 0 Å². The van der Waals surface area contributed by atoms with E-state index in [0.717, 1.165) is 55.5 Å². The molecule has 8 heteroatoms. The third-order valence-electron chi connectivity index (χ3n) is 6.58. The number of urea groups is 1. The van der Waals surface area contributed by atoms with Crippen LogP contribution in [0.15, 0.2) is 30.3 Å². The minimum Gasteiger partial charge on any atom is -0.454 e. The number of nitrogens with one attached hydrogen (secondary N) is 1. The van der Waals surface area contributed by atoms with Crippen LogP contribution in [0, 0.1) is 5.92 Å². The van der Waals surface area contributed by atoms with Gasteiger partial charge >= 0.3 is 12.0 Å². The molecule has 31 heavy (non-hydrogen) atoms. The summed E-state index contributed by atoms with van der Waals surface area (Å²) in [6.45, 7) is 0.782. The molecule has 4 amide bonds. The van der Waals surface area contributed by atoms with E-state index in [1.165, 1.54) is 0 Å². The van der Waals surface area contributed by atoms with Crippen LogP contribution in [0.3, 0.4) is 0 Å². The van der Waals surface area contributed by atoms with Crippen LogP contribution in [0.4, 0.5) is 10.5 Å². The van der Waals surface area contributed by atoms with Crippen LogP contribution in [0.25, 0.3) is 0 Å². The fourth-order valence-corrected chi connectivity index (χ4v) is 4.67. The number of hydrogen-bond acceptors (Lipinski definition) is 5. The monoisotopic (exact) mass is 427 g/mol. The summed E-state index contributed by atoms with van der Waals surface area (Å²) in [4.78, 5) is 52.8. The molecule has 166 valence electrons. The van der Waals surface area contributed by atoms with Crippen LogP contribution in [0.5, 0.6) is 0 Å². The van der Waals surface area contributed by atoms with Crippen molar-refractivity contribution in [3.63, 3.8) is 0 Å². The molecule has 1 atom stereocenters. The quantitative estimate of drug-likeness (QED) is 0.533. The molecule has 1 N–H and O–H groups in total. The van der Waals surface area contributed by atoms with Crippen molar-refractivity contribution in [3.8, 4) is 0 Å². The van der Waals surface area contributed by atoms with Gasteiger partial charge in [0.2, 0.25) is 0 Å². The van der Waals surface area contributed by atoms with E-state index in [9.17, 15) is 19.2 Å². The number of carbonyl (C=O) groups is 4. The second-order valence-corrected chi connectivity index (χ2v) is 8.85. The molecule has 1 aliphatic heterocycles. The molecule has 2 saturated carbocycles. The highest BCUT2D eigenvalue weighted by Crippen LogP contribution is 2.42. The molecule has 1 heterocycles. The zero-order valence-electron chi connectivity index (χ0n) is 17.8. The highest BCUT2D eigenvalue weighted by atomic mass is 16.5. The molecule has 8 nitrogen and oxygen atoms in total. The number of nitrogens with zero attached hydrogens (tertiary/aromatic N) is 2. The van der Waals surface area contributed by atoms with Crippen LogP contribution in [0.1, 0.15) is 51.9 Å². The van der Waals surface area contributed by atoms with Gasteiger partial charge in [-0.25, -0.2) is 4.79 Å². The van der Waals surface area contributed by atoms with Crippen LogP contribution in [-0.4, -0.2) is 53.4 Å². The number of ether oxygens (including phenoxy) is 1. The standard InChI is InChI=1S/C23H29N3O5/c1-23(16-12-13-16)21(29)25(22(30)24-23)14-20(28)31-15-19(27)26(17-8-4-2-5-9-17)18-10-6-3-7-11-18/h2,4-5,8-9,16,18H,3,6-7,10-15H2,1H3,(H,24,30)/t23-/m0/s1. The molecule has 1 saturated heterocycles. The lowest BCUT2D eigenvalue weighted by atomic mass is 9.93. The number of rotatable bonds is 7. The molecule has 0 aromatic heterocycles. The lowest BCUT2D eigenvalue weighted by molar-refractivity contribution is -0.150. The SMILES string of the molecule is C[C@@]1(C2CC2)NC(=O)N(CC(=O)OCC(=O)N(c2ccccc2)C2CCCCC2)C1=O. The highest BCUT2D eigenvalue weighted by molar-refractivity contribution is 6.09. The van der Waals surface area contributed by atoms with Gasteiger partial charge in [-0.3, -0.25) is 19.3 Å². The Kier molecular flexibility index (Phi) is 5.98. The summed E-state index contributed by atoms with van der Waals surface area (Å²) in [5, 5.41) is 2.70. The van der Waals surface area contributed by atoms with E-state index in [2.05, 4.69) is 5.32 Å². The fourth-order valence-electron chi connectivity index (χ4n) is 4.67. The second kappa shape index (κ2) is 8.69. The van der Waals surface area contributed by atoms with Crippen molar-refractivity contribution in [3.05, 3.63) is 30.3 Å².